The highest BCUT2D eigenvalue weighted by atomic mass is 32.2. The highest BCUT2D eigenvalue weighted by Crippen LogP contribution is 2.53. The number of imide groups is 1. The zero-order valence-electron chi connectivity index (χ0n) is 44.9. The van der Waals surface area contributed by atoms with Crippen LogP contribution in [-0.4, -0.2) is 171 Å². The van der Waals surface area contributed by atoms with Gasteiger partial charge in [-0.05, 0) is 97.1 Å². The smallest absolute Gasteiger partial charge is 0.333 e. The first-order valence-corrected chi connectivity index (χ1v) is 31.4. The van der Waals surface area contributed by atoms with Crippen LogP contribution in [0.4, 0.5) is 11.4 Å². The number of nitrogens with zero attached hydrogens (tertiary/aromatic N) is 3. The highest BCUT2D eigenvalue weighted by Gasteiger charge is 2.51. The van der Waals surface area contributed by atoms with E-state index in [2.05, 4.69) is 4.90 Å². The third kappa shape index (κ3) is 13.7. The molecule has 2 amide bonds. The third-order valence-electron chi connectivity index (χ3n) is 15.0. The molecule has 80 heavy (non-hydrogen) atoms. The maximum absolute atomic E-state index is 12.8. The molecule has 1 saturated heterocycles. The molecule has 0 aromatic heterocycles. The van der Waals surface area contributed by atoms with Gasteiger partial charge in [0.25, 0.3) is 11.8 Å². The van der Waals surface area contributed by atoms with E-state index in [1.807, 2.05) is 25.3 Å². The van der Waals surface area contributed by atoms with Crippen LogP contribution >= 0.6 is 0 Å². The minimum Gasteiger partial charge on any atom is -0.744 e. The van der Waals surface area contributed by atoms with Crippen molar-refractivity contribution in [2.75, 3.05) is 85.1 Å². The molecule has 4 aromatic rings. The normalized spacial score (nSPS) is 18.5. The minimum atomic E-state index is -5.35. The first-order valence-electron chi connectivity index (χ1n) is 25.8. The monoisotopic (exact) mass is 1190 g/mol. The molecule has 4 aromatic carbocycles. The van der Waals surface area contributed by atoms with Crippen molar-refractivity contribution < 1.29 is 99.4 Å². The molecule has 0 spiro atoms. The molecule has 28 heteroatoms. The Bertz CT molecular complexity index is 3520. The van der Waals surface area contributed by atoms with Crippen molar-refractivity contribution in [1.29, 1.82) is 0 Å². The second-order valence-electron chi connectivity index (χ2n) is 20.5. The standard InChI is InChI=1S/C52H67N3O21S4/c1-51(2)44(53(20-8-6-7-12-48(58)76-55-46(56)17-18-47(55)57)40-15-13-36-38(49(40)51)30-34(77(59,60)61)32-42(36)79(65,66)67)10-9-11-45-52(3,19-22-73-26-27-75-29-28-74-25-24-72-5)50-39-31-35(78(62,63)64)33-43(80(68,69)70)37(39)14-16-41(50)54(45)21-23-71-4/h13-16,30-33,44H,6-12,17-29H2,1-5H3,(H3-,59,60,61,62,63,64,65,66,67,68,69,70)/p-3. The number of hydrogen-bond donors (Lipinski definition) is 0. The van der Waals surface area contributed by atoms with E-state index in [0.29, 0.717) is 111 Å². The lowest BCUT2D eigenvalue weighted by Gasteiger charge is -2.35. The Morgan fingerprint density at radius 2 is 1.15 bits per heavy atom. The Labute approximate surface area is 465 Å². The highest BCUT2D eigenvalue weighted by molar-refractivity contribution is 7.87. The van der Waals surface area contributed by atoms with Crippen LogP contribution < -0.4 is 4.90 Å². The number of anilines is 1. The van der Waals surface area contributed by atoms with E-state index in [1.54, 1.807) is 19.2 Å². The van der Waals surface area contributed by atoms with Crippen LogP contribution in [0.2, 0.25) is 0 Å². The number of unbranched alkanes of at least 4 members (excludes halogenated alkanes) is 2. The van der Waals surface area contributed by atoms with E-state index in [4.69, 9.17) is 28.5 Å². The molecule has 440 valence electrons. The SMILES string of the molecule is COCCOCCOCCOCCC1(C)C(CCCC2N(CCCCCC(=O)ON3C(=O)CCC3=O)c3ccc4c(S(=O)(=O)[O-])cc(S(=O)(=O)[O-])cc4c3C2(C)C)=[N+](CCOC)c2ccc3c(S(=O)(=O)[O-])cc(S(=O)(=O)[O-])cc3c21. The van der Waals surface area contributed by atoms with Crippen LogP contribution in [0.15, 0.2) is 68.1 Å². The second-order valence-corrected chi connectivity index (χ2v) is 25.9. The summed E-state index contributed by atoms with van der Waals surface area (Å²) in [5.74, 6) is -2.00. The van der Waals surface area contributed by atoms with Gasteiger partial charge in [0.2, 0.25) is 5.69 Å². The molecule has 3 aliphatic rings. The summed E-state index contributed by atoms with van der Waals surface area (Å²) in [5.41, 5.74) is 0.642. The molecular formula is C52H64N3O21S4-3. The summed E-state index contributed by atoms with van der Waals surface area (Å²) < 4.78 is 182. The number of rotatable bonds is 30. The topological polar surface area (TPSA) is 345 Å². The molecule has 0 radical (unpaired) electrons. The Kier molecular flexibility index (Phi) is 19.7. The molecule has 24 nitrogen and oxygen atoms in total. The van der Waals surface area contributed by atoms with E-state index >= 15 is 0 Å². The number of methoxy groups -OCH3 is 2. The summed E-state index contributed by atoms with van der Waals surface area (Å²) in [6, 6.07) is 8.85. The fourth-order valence-electron chi connectivity index (χ4n) is 11.3. The molecule has 2 atom stereocenters. The summed E-state index contributed by atoms with van der Waals surface area (Å²) >= 11 is 0. The molecule has 0 aliphatic carbocycles. The van der Waals surface area contributed by atoms with Crippen molar-refractivity contribution in [1.82, 2.24) is 5.06 Å². The fraction of sp³-hybridized carbons (Fsp3) is 0.538. The van der Waals surface area contributed by atoms with E-state index in [1.165, 1.54) is 19.2 Å². The lowest BCUT2D eigenvalue weighted by molar-refractivity contribution is -0.443. The summed E-state index contributed by atoms with van der Waals surface area (Å²) in [6.07, 6.45) is 2.21. The lowest BCUT2D eigenvalue weighted by Crippen LogP contribution is -2.42. The molecule has 2 unspecified atom stereocenters. The molecular weight excluding hydrogens is 1130 g/mol. The van der Waals surface area contributed by atoms with Crippen LogP contribution in [0.5, 0.6) is 0 Å². The number of hydrogen-bond acceptors (Lipinski definition) is 22. The fourth-order valence-corrected chi connectivity index (χ4v) is 14.0. The van der Waals surface area contributed by atoms with Gasteiger partial charge in [0.15, 0.2) is 12.3 Å². The zero-order valence-corrected chi connectivity index (χ0v) is 48.2. The Morgan fingerprint density at radius 3 is 1.69 bits per heavy atom. The number of carbonyl (C=O) groups is 3. The molecule has 3 heterocycles. The van der Waals surface area contributed by atoms with Gasteiger partial charge in [0.1, 0.15) is 47.1 Å². The summed E-state index contributed by atoms with van der Waals surface area (Å²) in [6.45, 7) is 8.25. The number of benzene rings is 4. The van der Waals surface area contributed by atoms with Crippen molar-refractivity contribution in [2.24, 2.45) is 0 Å². The zero-order chi connectivity index (χ0) is 58.6. The number of hydroxylamine groups is 2. The van der Waals surface area contributed by atoms with Gasteiger partial charge in [0.05, 0.1) is 64.6 Å². The van der Waals surface area contributed by atoms with Gasteiger partial charge in [0, 0.05) is 87.2 Å². The van der Waals surface area contributed by atoms with Gasteiger partial charge in [-0.15, -0.1) is 5.06 Å². The van der Waals surface area contributed by atoms with Gasteiger partial charge < -0.3 is 51.6 Å². The molecule has 3 aliphatic heterocycles. The van der Waals surface area contributed by atoms with Crippen molar-refractivity contribution in [3.63, 3.8) is 0 Å². The van der Waals surface area contributed by atoms with Crippen molar-refractivity contribution in [3.05, 3.63) is 59.7 Å². The number of ether oxygens (including phenoxy) is 5. The van der Waals surface area contributed by atoms with E-state index < -0.39 is 94.7 Å². The minimum absolute atomic E-state index is 0.0428. The molecule has 0 bridgehead atoms. The quantitative estimate of drug-likeness (QED) is 0.0305. The molecule has 0 saturated carbocycles. The lowest BCUT2D eigenvalue weighted by atomic mass is 9.73. The predicted molar refractivity (Wildman–Crippen MR) is 281 cm³/mol. The average Bonchev–Trinajstić information content (AvgIpc) is 3.96. The van der Waals surface area contributed by atoms with Gasteiger partial charge >= 0.3 is 5.97 Å². The summed E-state index contributed by atoms with van der Waals surface area (Å²) in [4.78, 5) is 40.2. The second kappa shape index (κ2) is 25.2. The predicted octanol–water partition coefficient (Wildman–Crippen LogP) is 4.20. The van der Waals surface area contributed by atoms with E-state index in [0.717, 1.165) is 17.8 Å². The van der Waals surface area contributed by atoms with Gasteiger partial charge in [-0.2, -0.15) is 4.58 Å². The number of carbonyl (C=O) groups excluding carboxylic acids is 3. The van der Waals surface area contributed by atoms with Crippen molar-refractivity contribution >= 4 is 96.9 Å². The average molecular weight is 1200 g/mol. The van der Waals surface area contributed by atoms with Gasteiger partial charge in [-0.1, -0.05) is 26.3 Å². The maximum Gasteiger partial charge on any atom is 0.333 e. The first kappa shape index (κ1) is 62.5. The number of fused-ring (bicyclic) bond motifs is 6. The molecule has 7 rings (SSSR count). The summed E-state index contributed by atoms with van der Waals surface area (Å²) in [5, 5.41) is 0.385. The number of amides is 2. The van der Waals surface area contributed by atoms with Crippen LogP contribution in [0, 0.1) is 0 Å². The van der Waals surface area contributed by atoms with Gasteiger partial charge in [-0.25, -0.2) is 38.5 Å². The van der Waals surface area contributed by atoms with Crippen LogP contribution in [0.25, 0.3) is 21.5 Å². The van der Waals surface area contributed by atoms with Crippen molar-refractivity contribution in [3.8, 4) is 0 Å². The van der Waals surface area contributed by atoms with Gasteiger partial charge in [-0.3, -0.25) is 9.59 Å². The Balaban J connectivity index is 1.25. The van der Waals surface area contributed by atoms with E-state index in [9.17, 15) is 66.3 Å². The Morgan fingerprint density at radius 1 is 0.625 bits per heavy atom. The van der Waals surface area contributed by atoms with Crippen molar-refractivity contribution in [2.45, 2.75) is 121 Å². The summed E-state index contributed by atoms with van der Waals surface area (Å²) in [7, 11) is -18.2. The molecule has 1 fully saturated rings. The third-order valence-corrected chi connectivity index (χ3v) is 18.4. The Hall–Kier alpha value is -5.08. The maximum atomic E-state index is 12.8. The largest absolute Gasteiger partial charge is 0.744 e. The first-order chi connectivity index (χ1) is 37.5. The molecule has 0 N–H and O–H groups in total. The van der Waals surface area contributed by atoms with Crippen LogP contribution in [0.1, 0.15) is 96.1 Å². The van der Waals surface area contributed by atoms with Crippen LogP contribution in [0.3, 0.4) is 0 Å². The van der Waals surface area contributed by atoms with Crippen LogP contribution in [-0.2, 0) is 94.2 Å². The van der Waals surface area contributed by atoms with E-state index in [-0.39, 0.29) is 80.2 Å².